The molecular weight excluding hydrogens is 262 g/mol. The van der Waals surface area contributed by atoms with Gasteiger partial charge in [-0.15, -0.1) is 0 Å². The van der Waals surface area contributed by atoms with Crippen LogP contribution < -0.4 is 10.6 Å². The van der Waals surface area contributed by atoms with E-state index in [1.165, 1.54) is 5.56 Å². The zero-order valence-electron chi connectivity index (χ0n) is 12.5. The van der Waals surface area contributed by atoms with Crippen LogP contribution in [0.4, 0.5) is 5.82 Å². The highest BCUT2D eigenvalue weighted by molar-refractivity contribution is 5.94. The van der Waals surface area contributed by atoms with Crippen LogP contribution in [0, 0.1) is 6.92 Å². The van der Waals surface area contributed by atoms with Gasteiger partial charge in [0.05, 0.1) is 0 Å². The first-order valence-corrected chi connectivity index (χ1v) is 7.23. The van der Waals surface area contributed by atoms with Crippen LogP contribution in [-0.2, 0) is 6.54 Å². The Morgan fingerprint density at radius 2 is 2.05 bits per heavy atom. The Bertz CT molecular complexity index is 610. The first kappa shape index (κ1) is 15.0. The summed E-state index contributed by atoms with van der Waals surface area (Å²) in [5, 5.41) is 6.13. The summed E-state index contributed by atoms with van der Waals surface area (Å²) in [7, 11) is 0. The van der Waals surface area contributed by atoms with Gasteiger partial charge in [0.25, 0.3) is 5.91 Å². The minimum atomic E-state index is -0.0831. The average Bonchev–Trinajstić information content (AvgIpc) is 2.52. The van der Waals surface area contributed by atoms with Crippen molar-refractivity contribution in [1.82, 2.24) is 10.3 Å². The maximum absolute atomic E-state index is 12.2. The molecule has 1 aromatic carbocycles. The molecule has 21 heavy (non-hydrogen) atoms. The number of aryl methyl sites for hydroxylation is 1. The Morgan fingerprint density at radius 1 is 1.24 bits per heavy atom. The van der Waals surface area contributed by atoms with Gasteiger partial charge in [0.2, 0.25) is 0 Å². The van der Waals surface area contributed by atoms with Crippen molar-refractivity contribution in [3.63, 3.8) is 0 Å². The number of anilines is 1. The molecule has 0 spiro atoms. The quantitative estimate of drug-likeness (QED) is 0.856. The van der Waals surface area contributed by atoms with Gasteiger partial charge >= 0.3 is 0 Å². The molecular formula is C17H21N3O. The highest BCUT2D eigenvalue weighted by Crippen LogP contribution is 2.09. The van der Waals surface area contributed by atoms with Crippen molar-refractivity contribution in [3.05, 3.63) is 59.3 Å². The Hall–Kier alpha value is -2.36. The summed E-state index contributed by atoms with van der Waals surface area (Å²) in [6.07, 6.45) is 2.67. The van der Waals surface area contributed by atoms with Gasteiger partial charge in [-0.25, -0.2) is 4.98 Å². The fraction of sp³-hybridized carbons (Fsp3) is 0.294. The van der Waals surface area contributed by atoms with Crippen molar-refractivity contribution in [2.75, 3.05) is 11.9 Å². The number of nitrogens with zero attached hydrogens (tertiary/aromatic N) is 1. The lowest BCUT2D eigenvalue weighted by Gasteiger charge is -2.09. The van der Waals surface area contributed by atoms with Crippen molar-refractivity contribution >= 4 is 11.7 Å². The lowest BCUT2D eigenvalue weighted by atomic mass is 10.1. The van der Waals surface area contributed by atoms with E-state index in [1.807, 2.05) is 31.2 Å². The third kappa shape index (κ3) is 4.31. The molecule has 2 rings (SSSR count). The monoisotopic (exact) mass is 283 g/mol. The maximum atomic E-state index is 12.2. The molecule has 0 aliphatic carbocycles. The molecule has 2 N–H and O–H groups in total. The van der Waals surface area contributed by atoms with E-state index in [4.69, 9.17) is 0 Å². The number of nitrogens with one attached hydrogen (secondary N) is 2. The Balaban J connectivity index is 1.98. The molecule has 110 valence electrons. The largest absolute Gasteiger partial charge is 0.370 e. The van der Waals surface area contributed by atoms with Gasteiger partial charge < -0.3 is 10.6 Å². The van der Waals surface area contributed by atoms with Crippen LogP contribution in [0.5, 0.6) is 0 Å². The summed E-state index contributed by atoms with van der Waals surface area (Å²) in [6, 6.07) is 11.5. The number of carbonyl (C=O) groups is 1. The summed E-state index contributed by atoms with van der Waals surface area (Å²) in [5.74, 6) is 0.653. The van der Waals surface area contributed by atoms with Gasteiger partial charge in [-0.05, 0) is 36.6 Å². The van der Waals surface area contributed by atoms with Crippen LogP contribution in [0.25, 0.3) is 0 Å². The zero-order valence-corrected chi connectivity index (χ0v) is 12.5. The second kappa shape index (κ2) is 7.43. The normalized spacial score (nSPS) is 10.2. The molecule has 0 atom stereocenters. The number of hydrogen-bond acceptors (Lipinski definition) is 3. The van der Waals surface area contributed by atoms with E-state index in [-0.39, 0.29) is 5.91 Å². The molecule has 1 amide bonds. The van der Waals surface area contributed by atoms with E-state index in [0.717, 1.165) is 24.3 Å². The van der Waals surface area contributed by atoms with Crippen molar-refractivity contribution in [1.29, 1.82) is 0 Å². The van der Waals surface area contributed by atoms with Crippen molar-refractivity contribution in [2.24, 2.45) is 0 Å². The molecule has 0 aliphatic heterocycles. The summed E-state index contributed by atoms with van der Waals surface area (Å²) in [6.45, 7) is 5.51. The van der Waals surface area contributed by atoms with E-state index < -0.39 is 0 Å². The molecule has 1 heterocycles. The van der Waals surface area contributed by atoms with Crippen molar-refractivity contribution < 1.29 is 4.79 Å². The number of amides is 1. The Kier molecular flexibility index (Phi) is 5.32. The van der Waals surface area contributed by atoms with Gasteiger partial charge in [0, 0.05) is 24.8 Å². The van der Waals surface area contributed by atoms with E-state index in [1.54, 1.807) is 18.3 Å². The second-order valence-corrected chi connectivity index (χ2v) is 4.97. The molecule has 0 saturated heterocycles. The Labute approximate surface area is 125 Å². The van der Waals surface area contributed by atoms with Crippen LogP contribution in [0.15, 0.2) is 42.6 Å². The molecule has 4 nitrogen and oxygen atoms in total. The number of benzene rings is 1. The van der Waals surface area contributed by atoms with Gasteiger partial charge in [0.1, 0.15) is 5.82 Å². The standard InChI is InChI=1S/C17H21N3O/c1-3-9-18-16-11-14(8-10-19-16)17(21)20-12-15-7-5-4-6-13(15)2/h4-8,10-11H,3,9,12H2,1-2H3,(H,18,19)(H,20,21). The molecule has 4 heteroatoms. The number of aromatic nitrogens is 1. The predicted octanol–water partition coefficient (Wildman–Crippen LogP) is 3.14. The predicted molar refractivity (Wildman–Crippen MR) is 85.4 cm³/mol. The smallest absolute Gasteiger partial charge is 0.251 e. The lowest BCUT2D eigenvalue weighted by Crippen LogP contribution is -2.23. The summed E-state index contributed by atoms with van der Waals surface area (Å²) >= 11 is 0. The van der Waals surface area contributed by atoms with Gasteiger partial charge in [0.15, 0.2) is 0 Å². The van der Waals surface area contributed by atoms with Crippen LogP contribution in [-0.4, -0.2) is 17.4 Å². The summed E-state index contributed by atoms with van der Waals surface area (Å²) < 4.78 is 0. The van der Waals surface area contributed by atoms with E-state index in [0.29, 0.717) is 12.1 Å². The van der Waals surface area contributed by atoms with Crippen molar-refractivity contribution in [3.8, 4) is 0 Å². The number of carbonyl (C=O) groups excluding carboxylic acids is 1. The minimum absolute atomic E-state index is 0.0831. The highest BCUT2D eigenvalue weighted by atomic mass is 16.1. The first-order chi connectivity index (χ1) is 10.2. The molecule has 1 aromatic heterocycles. The molecule has 0 bridgehead atoms. The molecule has 2 aromatic rings. The average molecular weight is 283 g/mol. The first-order valence-electron chi connectivity index (χ1n) is 7.23. The van der Waals surface area contributed by atoms with E-state index >= 15 is 0 Å². The Morgan fingerprint density at radius 3 is 2.81 bits per heavy atom. The summed E-state index contributed by atoms with van der Waals surface area (Å²) in [4.78, 5) is 16.4. The summed E-state index contributed by atoms with van der Waals surface area (Å²) in [5.41, 5.74) is 2.93. The van der Waals surface area contributed by atoms with Crippen molar-refractivity contribution in [2.45, 2.75) is 26.8 Å². The fourth-order valence-corrected chi connectivity index (χ4v) is 2.01. The minimum Gasteiger partial charge on any atom is -0.370 e. The SMILES string of the molecule is CCCNc1cc(C(=O)NCc2ccccc2C)ccn1. The van der Waals surface area contributed by atoms with Gasteiger partial charge in [-0.1, -0.05) is 31.2 Å². The third-order valence-electron chi connectivity index (χ3n) is 3.28. The van der Waals surface area contributed by atoms with E-state index in [9.17, 15) is 4.79 Å². The molecule has 0 saturated carbocycles. The maximum Gasteiger partial charge on any atom is 0.251 e. The zero-order chi connectivity index (χ0) is 15.1. The topological polar surface area (TPSA) is 54.0 Å². The molecule has 0 unspecified atom stereocenters. The van der Waals surface area contributed by atoms with E-state index in [2.05, 4.69) is 22.5 Å². The van der Waals surface area contributed by atoms with Gasteiger partial charge in [-0.2, -0.15) is 0 Å². The third-order valence-corrected chi connectivity index (χ3v) is 3.28. The molecule has 0 fully saturated rings. The van der Waals surface area contributed by atoms with Crippen LogP contribution in [0.1, 0.15) is 34.8 Å². The lowest BCUT2D eigenvalue weighted by molar-refractivity contribution is 0.0951. The highest BCUT2D eigenvalue weighted by Gasteiger charge is 2.07. The fourth-order valence-electron chi connectivity index (χ4n) is 2.01. The van der Waals surface area contributed by atoms with Gasteiger partial charge in [-0.3, -0.25) is 4.79 Å². The number of rotatable bonds is 6. The molecule has 0 aliphatic rings. The molecule has 0 radical (unpaired) electrons. The van der Waals surface area contributed by atoms with Crippen LogP contribution in [0.2, 0.25) is 0 Å². The number of pyridine rings is 1. The van der Waals surface area contributed by atoms with Crippen LogP contribution in [0.3, 0.4) is 0 Å². The van der Waals surface area contributed by atoms with Crippen LogP contribution >= 0.6 is 0 Å². The number of hydrogen-bond donors (Lipinski definition) is 2. The second-order valence-electron chi connectivity index (χ2n) is 4.97.